The zero-order valence-corrected chi connectivity index (χ0v) is 13.3. The lowest BCUT2D eigenvalue weighted by molar-refractivity contribution is 0.211. The van der Waals surface area contributed by atoms with Gasteiger partial charge in [-0.05, 0) is 36.6 Å². The summed E-state index contributed by atoms with van der Waals surface area (Å²) in [5.41, 5.74) is 0.432. The van der Waals surface area contributed by atoms with Gasteiger partial charge in [-0.25, -0.2) is 0 Å². The third kappa shape index (κ3) is 7.81. The van der Waals surface area contributed by atoms with Gasteiger partial charge >= 0.3 is 0 Å². The van der Waals surface area contributed by atoms with Gasteiger partial charge < -0.3 is 5.32 Å². The summed E-state index contributed by atoms with van der Waals surface area (Å²) in [6.07, 6.45) is 5.33. The van der Waals surface area contributed by atoms with Crippen LogP contribution in [0.15, 0.2) is 0 Å². The van der Waals surface area contributed by atoms with Gasteiger partial charge in [0, 0.05) is 6.04 Å². The minimum atomic E-state index is 0.432. The highest BCUT2D eigenvalue weighted by molar-refractivity contribution is 4.78. The normalized spacial score (nSPS) is 17.8. The molecule has 0 saturated heterocycles. The van der Waals surface area contributed by atoms with Crippen molar-refractivity contribution in [2.24, 2.45) is 17.3 Å². The van der Waals surface area contributed by atoms with Crippen molar-refractivity contribution in [3.8, 4) is 0 Å². The monoisotopic (exact) mass is 241 g/mol. The molecule has 1 heteroatoms. The Balaban J connectivity index is 4.23. The Kier molecular flexibility index (Phi) is 8.11. The number of nitrogens with one attached hydrogen (secondary N) is 1. The van der Waals surface area contributed by atoms with Crippen LogP contribution in [0.25, 0.3) is 0 Å². The van der Waals surface area contributed by atoms with E-state index in [0.717, 1.165) is 18.4 Å². The second-order valence-electron chi connectivity index (χ2n) is 6.89. The van der Waals surface area contributed by atoms with Crippen LogP contribution < -0.4 is 5.32 Å². The van der Waals surface area contributed by atoms with Crippen LogP contribution in [-0.4, -0.2) is 12.6 Å². The summed E-state index contributed by atoms with van der Waals surface area (Å²) in [5.74, 6) is 1.64. The molecule has 0 rings (SSSR count). The van der Waals surface area contributed by atoms with Crippen molar-refractivity contribution in [3.63, 3.8) is 0 Å². The fourth-order valence-electron chi connectivity index (χ4n) is 2.43. The molecule has 0 aliphatic heterocycles. The molecular formula is C16H35N. The Morgan fingerprint density at radius 1 is 1.00 bits per heavy atom. The third-order valence-electron chi connectivity index (χ3n) is 4.08. The van der Waals surface area contributed by atoms with Gasteiger partial charge in [0.1, 0.15) is 0 Å². The van der Waals surface area contributed by atoms with Crippen LogP contribution in [0.2, 0.25) is 0 Å². The molecule has 0 aromatic heterocycles. The number of rotatable bonds is 8. The van der Waals surface area contributed by atoms with Gasteiger partial charge in [0.05, 0.1) is 0 Å². The molecule has 0 aliphatic carbocycles. The van der Waals surface area contributed by atoms with E-state index in [4.69, 9.17) is 0 Å². The second kappa shape index (κ2) is 8.13. The largest absolute Gasteiger partial charge is 0.314 e. The first kappa shape index (κ1) is 17.0. The molecule has 0 saturated carbocycles. The predicted molar refractivity (Wildman–Crippen MR) is 79.4 cm³/mol. The van der Waals surface area contributed by atoms with Crippen molar-refractivity contribution in [1.29, 1.82) is 0 Å². The van der Waals surface area contributed by atoms with Gasteiger partial charge in [0.2, 0.25) is 0 Å². The molecule has 3 atom stereocenters. The maximum Gasteiger partial charge on any atom is 0.00722 e. The highest BCUT2D eigenvalue weighted by Crippen LogP contribution is 2.30. The maximum atomic E-state index is 3.67. The van der Waals surface area contributed by atoms with E-state index in [0.29, 0.717) is 11.5 Å². The summed E-state index contributed by atoms with van der Waals surface area (Å²) in [6, 6.07) is 0.704. The van der Waals surface area contributed by atoms with Gasteiger partial charge in [-0.3, -0.25) is 0 Å². The molecule has 0 radical (unpaired) electrons. The van der Waals surface area contributed by atoms with Gasteiger partial charge in [-0.1, -0.05) is 61.3 Å². The van der Waals surface area contributed by atoms with Crippen LogP contribution in [0, 0.1) is 17.3 Å². The first-order chi connectivity index (χ1) is 7.81. The Morgan fingerprint density at radius 3 is 2.00 bits per heavy atom. The predicted octanol–water partition coefficient (Wildman–Crippen LogP) is 4.86. The average molecular weight is 241 g/mol. The molecule has 17 heavy (non-hydrogen) atoms. The minimum absolute atomic E-state index is 0.432. The topological polar surface area (TPSA) is 12.0 Å². The molecule has 1 N–H and O–H groups in total. The first-order valence-electron chi connectivity index (χ1n) is 7.54. The summed E-state index contributed by atoms with van der Waals surface area (Å²) in [7, 11) is 0. The van der Waals surface area contributed by atoms with E-state index in [9.17, 15) is 0 Å². The zero-order chi connectivity index (χ0) is 13.5. The molecule has 0 aliphatic rings. The lowest BCUT2D eigenvalue weighted by Gasteiger charge is -2.32. The first-order valence-corrected chi connectivity index (χ1v) is 7.54. The average Bonchev–Trinajstić information content (AvgIpc) is 2.16. The van der Waals surface area contributed by atoms with Crippen molar-refractivity contribution >= 4 is 0 Å². The van der Waals surface area contributed by atoms with E-state index >= 15 is 0 Å². The smallest absolute Gasteiger partial charge is 0.00722 e. The zero-order valence-electron chi connectivity index (χ0n) is 13.3. The van der Waals surface area contributed by atoms with Gasteiger partial charge in [0.15, 0.2) is 0 Å². The molecule has 0 aromatic carbocycles. The second-order valence-corrected chi connectivity index (χ2v) is 6.89. The van der Waals surface area contributed by atoms with E-state index in [1.54, 1.807) is 0 Å². The Bertz CT molecular complexity index is 180. The molecule has 0 heterocycles. The Labute approximate surface area is 110 Å². The standard InChI is InChI=1S/C16H35N/c1-8-10-13(3)11-15(17-9-2)12-14(4)16(5,6)7/h13-15,17H,8-12H2,1-7H3. The van der Waals surface area contributed by atoms with E-state index in [1.165, 1.54) is 25.7 Å². The highest BCUT2D eigenvalue weighted by Gasteiger charge is 2.23. The molecular weight excluding hydrogens is 206 g/mol. The van der Waals surface area contributed by atoms with E-state index in [2.05, 4.69) is 53.8 Å². The summed E-state index contributed by atoms with van der Waals surface area (Å²) in [6.45, 7) is 17.5. The fourth-order valence-corrected chi connectivity index (χ4v) is 2.43. The quantitative estimate of drug-likeness (QED) is 0.639. The van der Waals surface area contributed by atoms with Crippen molar-refractivity contribution < 1.29 is 0 Å². The molecule has 0 spiro atoms. The Morgan fingerprint density at radius 2 is 1.59 bits per heavy atom. The maximum absolute atomic E-state index is 3.67. The number of hydrogen-bond acceptors (Lipinski definition) is 1. The molecule has 104 valence electrons. The number of hydrogen-bond donors (Lipinski definition) is 1. The molecule has 0 aromatic rings. The summed E-state index contributed by atoms with van der Waals surface area (Å²) >= 11 is 0. The SMILES string of the molecule is CCCC(C)CC(CC(C)C(C)(C)C)NCC. The van der Waals surface area contributed by atoms with Crippen molar-refractivity contribution in [1.82, 2.24) is 5.32 Å². The van der Waals surface area contributed by atoms with Gasteiger partial charge in [0.25, 0.3) is 0 Å². The van der Waals surface area contributed by atoms with Crippen LogP contribution in [0.1, 0.15) is 74.1 Å². The molecule has 3 unspecified atom stereocenters. The van der Waals surface area contributed by atoms with Crippen LogP contribution in [0.5, 0.6) is 0 Å². The lowest BCUT2D eigenvalue weighted by atomic mass is 9.77. The van der Waals surface area contributed by atoms with Gasteiger partial charge in [-0.2, -0.15) is 0 Å². The summed E-state index contributed by atoms with van der Waals surface area (Å²) < 4.78 is 0. The van der Waals surface area contributed by atoms with Crippen LogP contribution in [-0.2, 0) is 0 Å². The molecule has 0 fully saturated rings. The highest BCUT2D eigenvalue weighted by atomic mass is 14.9. The van der Waals surface area contributed by atoms with Crippen molar-refractivity contribution in [3.05, 3.63) is 0 Å². The minimum Gasteiger partial charge on any atom is -0.314 e. The lowest BCUT2D eigenvalue weighted by Crippen LogP contribution is -2.34. The molecule has 1 nitrogen and oxygen atoms in total. The van der Waals surface area contributed by atoms with Crippen LogP contribution >= 0.6 is 0 Å². The Hall–Kier alpha value is -0.0400. The third-order valence-corrected chi connectivity index (χ3v) is 4.08. The summed E-state index contributed by atoms with van der Waals surface area (Å²) in [5, 5.41) is 3.67. The summed E-state index contributed by atoms with van der Waals surface area (Å²) in [4.78, 5) is 0. The van der Waals surface area contributed by atoms with Crippen LogP contribution in [0.3, 0.4) is 0 Å². The van der Waals surface area contributed by atoms with Crippen molar-refractivity contribution in [2.45, 2.75) is 80.2 Å². The van der Waals surface area contributed by atoms with E-state index in [1.807, 2.05) is 0 Å². The fraction of sp³-hybridized carbons (Fsp3) is 1.00. The molecule has 0 amide bonds. The molecule has 0 bridgehead atoms. The van der Waals surface area contributed by atoms with E-state index in [-0.39, 0.29) is 0 Å². The van der Waals surface area contributed by atoms with Crippen molar-refractivity contribution in [2.75, 3.05) is 6.54 Å². The van der Waals surface area contributed by atoms with E-state index < -0.39 is 0 Å². The van der Waals surface area contributed by atoms with Gasteiger partial charge in [-0.15, -0.1) is 0 Å². The van der Waals surface area contributed by atoms with Crippen LogP contribution in [0.4, 0.5) is 0 Å².